The predicted molar refractivity (Wildman–Crippen MR) is 54.0 cm³/mol. The van der Waals surface area contributed by atoms with Crippen molar-refractivity contribution in [1.82, 2.24) is 10.5 Å². The number of nitrogens with zero attached hydrogens (tertiary/aromatic N) is 1. The molecule has 1 atom stereocenters. The molecule has 0 aliphatic carbocycles. The van der Waals surface area contributed by atoms with Crippen LogP contribution in [0, 0.1) is 5.92 Å². The minimum atomic E-state index is -0.176. The Hall–Kier alpha value is -1.36. The lowest BCUT2D eigenvalue weighted by Crippen LogP contribution is -2.27. The molecule has 5 heteroatoms. The first kappa shape index (κ1) is 11.7. The Balaban J connectivity index is 2.17. The number of aromatic nitrogens is 1. The van der Waals surface area contributed by atoms with E-state index in [0.717, 1.165) is 5.69 Å². The van der Waals surface area contributed by atoms with E-state index >= 15 is 0 Å². The molecule has 0 saturated carbocycles. The number of rotatable bonds is 6. The van der Waals surface area contributed by atoms with Crippen LogP contribution in [0.25, 0.3) is 0 Å². The second-order valence-electron chi connectivity index (χ2n) is 3.27. The average Bonchev–Trinajstić information content (AvgIpc) is 2.71. The number of esters is 1. The zero-order valence-corrected chi connectivity index (χ0v) is 9.03. The van der Waals surface area contributed by atoms with Gasteiger partial charge < -0.3 is 14.6 Å². The Morgan fingerprint density at radius 2 is 2.53 bits per heavy atom. The fourth-order valence-electron chi connectivity index (χ4n) is 1.11. The lowest BCUT2D eigenvalue weighted by Gasteiger charge is -2.10. The maximum atomic E-state index is 11.2. The molecule has 0 saturated heterocycles. The van der Waals surface area contributed by atoms with Crippen molar-refractivity contribution < 1.29 is 14.1 Å². The number of hydrogen-bond acceptors (Lipinski definition) is 5. The van der Waals surface area contributed by atoms with Crippen LogP contribution in [-0.2, 0) is 16.1 Å². The Bertz CT molecular complexity index is 285. The lowest BCUT2D eigenvalue weighted by molar-refractivity contribution is -0.147. The van der Waals surface area contributed by atoms with Crippen LogP contribution < -0.4 is 5.32 Å². The molecule has 0 radical (unpaired) electrons. The molecule has 84 valence electrons. The van der Waals surface area contributed by atoms with Crippen molar-refractivity contribution in [2.45, 2.75) is 20.4 Å². The van der Waals surface area contributed by atoms with Crippen molar-refractivity contribution in [3.8, 4) is 0 Å². The number of carbonyl (C=O) groups is 1. The van der Waals surface area contributed by atoms with Gasteiger partial charge in [-0.15, -0.1) is 0 Å². The van der Waals surface area contributed by atoms with Crippen molar-refractivity contribution in [3.63, 3.8) is 0 Å². The van der Waals surface area contributed by atoms with Crippen molar-refractivity contribution in [1.29, 1.82) is 0 Å². The van der Waals surface area contributed by atoms with Gasteiger partial charge >= 0.3 is 5.97 Å². The van der Waals surface area contributed by atoms with Gasteiger partial charge in [0.1, 0.15) is 6.26 Å². The van der Waals surface area contributed by atoms with Crippen molar-refractivity contribution in [3.05, 3.63) is 18.0 Å². The number of carbonyl (C=O) groups excluding carboxylic acids is 1. The van der Waals surface area contributed by atoms with Gasteiger partial charge in [-0.3, -0.25) is 4.79 Å². The molecular formula is C10H16N2O3. The molecule has 1 aromatic heterocycles. The topological polar surface area (TPSA) is 64.4 Å². The Morgan fingerprint density at radius 3 is 3.13 bits per heavy atom. The molecule has 0 bridgehead atoms. The van der Waals surface area contributed by atoms with E-state index in [2.05, 4.69) is 15.0 Å². The summed E-state index contributed by atoms with van der Waals surface area (Å²) in [6.45, 7) is 5.22. The van der Waals surface area contributed by atoms with E-state index < -0.39 is 0 Å². The van der Waals surface area contributed by atoms with Gasteiger partial charge in [0, 0.05) is 19.2 Å². The van der Waals surface area contributed by atoms with Crippen molar-refractivity contribution >= 4 is 5.97 Å². The highest BCUT2D eigenvalue weighted by atomic mass is 16.5. The largest absolute Gasteiger partial charge is 0.466 e. The minimum absolute atomic E-state index is 0.142. The van der Waals surface area contributed by atoms with Crippen LogP contribution >= 0.6 is 0 Å². The maximum absolute atomic E-state index is 11.2. The molecule has 1 N–H and O–H groups in total. The van der Waals surface area contributed by atoms with Crippen LogP contribution in [0.5, 0.6) is 0 Å². The standard InChI is InChI=1S/C10H16N2O3/c1-3-14-10(13)8(2)6-11-7-9-4-5-15-12-9/h4-5,8,11H,3,6-7H2,1-2H3. The summed E-state index contributed by atoms with van der Waals surface area (Å²) in [5, 5.41) is 6.84. The SMILES string of the molecule is CCOC(=O)C(C)CNCc1ccon1. The van der Waals surface area contributed by atoms with Crippen molar-refractivity contribution in [2.75, 3.05) is 13.2 Å². The molecule has 15 heavy (non-hydrogen) atoms. The summed E-state index contributed by atoms with van der Waals surface area (Å²) in [4.78, 5) is 11.2. The van der Waals surface area contributed by atoms with Crippen LogP contribution in [0.1, 0.15) is 19.5 Å². The first-order chi connectivity index (χ1) is 7.24. The monoisotopic (exact) mass is 212 g/mol. The van der Waals surface area contributed by atoms with Crippen LogP contribution in [0.15, 0.2) is 16.9 Å². The Labute approximate surface area is 88.8 Å². The normalized spacial score (nSPS) is 12.4. The molecule has 0 amide bonds. The van der Waals surface area contributed by atoms with Gasteiger partial charge in [0.25, 0.3) is 0 Å². The third kappa shape index (κ3) is 4.12. The van der Waals surface area contributed by atoms with Gasteiger partial charge in [-0.2, -0.15) is 0 Å². The fraction of sp³-hybridized carbons (Fsp3) is 0.600. The fourth-order valence-corrected chi connectivity index (χ4v) is 1.11. The summed E-state index contributed by atoms with van der Waals surface area (Å²) in [6, 6.07) is 1.78. The Kier molecular flexibility index (Phi) is 4.83. The summed E-state index contributed by atoms with van der Waals surface area (Å²) in [7, 11) is 0. The van der Waals surface area contributed by atoms with E-state index in [1.165, 1.54) is 6.26 Å². The zero-order chi connectivity index (χ0) is 11.1. The molecule has 0 aromatic carbocycles. The van der Waals surface area contributed by atoms with Gasteiger partial charge in [0.15, 0.2) is 0 Å². The lowest BCUT2D eigenvalue weighted by atomic mass is 10.2. The van der Waals surface area contributed by atoms with E-state index in [9.17, 15) is 4.79 Å². The summed E-state index contributed by atoms with van der Waals surface area (Å²) in [6.07, 6.45) is 1.52. The van der Waals surface area contributed by atoms with Crippen molar-refractivity contribution in [2.24, 2.45) is 5.92 Å². The molecule has 1 rings (SSSR count). The summed E-state index contributed by atoms with van der Waals surface area (Å²) >= 11 is 0. The number of ether oxygens (including phenoxy) is 1. The van der Waals surface area contributed by atoms with Gasteiger partial charge in [0.05, 0.1) is 18.2 Å². The summed E-state index contributed by atoms with van der Waals surface area (Å²) in [5.41, 5.74) is 0.825. The summed E-state index contributed by atoms with van der Waals surface area (Å²) < 4.78 is 9.55. The predicted octanol–water partition coefficient (Wildman–Crippen LogP) is 0.963. The maximum Gasteiger partial charge on any atom is 0.309 e. The molecule has 0 aliphatic rings. The highest BCUT2D eigenvalue weighted by molar-refractivity contribution is 5.72. The summed E-state index contributed by atoms with van der Waals surface area (Å²) in [5.74, 6) is -0.318. The third-order valence-electron chi connectivity index (χ3n) is 1.94. The van der Waals surface area contributed by atoms with E-state index in [1.807, 2.05) is 6.92 Å². The van der Waals surface area contributed by atoms with Gasteiger partial charge in [0.2, 0.25) is 0 Å². The highest BCUT2D eigenvalue weighted by Crippen LogP contribution is 1.98. The second kappa shape index (κ2) is 6.19. The van der Waals surface area contributed by atoms with Crippen LogP contribution in [-0.4, -0.2) is 24.3 Å². The molecular weight excluding hydrogens is 196 g/mol. The van der Waals surface area contributed by atoms with Crippen LogP contribution in [0.3, 0.4) is 0 Å². The Morgan fingerprint density at radius 1 is 1.73 bits per heavy atom. The van der Waals surface area contributed by atoms with E-state index in [0.29, 0.717) is 19.7 Å². The average molecular weight is 212 g/mol. The van der Waals surface area contributed by atoms with E-state index in [1.54, 1.807) is 13.0 Å². The van der Waals surface area contributed by atoms with Crippen LogP contribution in [0.2, 0.25) is 0 Å². The van der Waals surface area contributed by atoms with E-state index in [4.69, 9.17) is 4.74 Å². The molecule has 1 unspecified atom stereocenters. The first-order valence-electron chi connectivity index (χ1n) is 5.00. The number of hydrogen-bond donors (Lipinski definition) is 1. The third-order valence-corrected chi connectivity index (χ3v) is 1.94. The van der Waals surface area contributed by atoms with Crippen LogP contribution in [0.4, 0.5) is 0 Å². The van der Waals surface area contributed by atoms with Gasteiger partial charge in [-0.05, 0) is 6.92 Å². The molecule has 0 fully saturated rings. The molecule has 0 spiro atoms. The molecule has 1 aromatic rings. The van der Waals surface area contributed by atoms with Gasteiger partial charge in [-0.25, -0.2) is 0 Å². The number of nitrogens with one attached hydrogen (secondary N) is 1. The minimum Gasteiger partial charge on any atom is -0.466 e. The zero-order valence-electron chi connectivity index (χ0n) is 9.03. The highest BCUT2D eigenvalue weighted by Gasteiger charge is 2.12. The molecule has 1 heterocycles. The quantitative estimate of drug-likeness (QED) is 0.711. The van der Waals surface area contributed by atoms with E-state index in [-0.39, 0.29) is 11.9 Å². The molecule has 0 aliphatic heterocycles. The smallest absolute Gasteiger partial charge is 0.309 e. The molecule has 5 nitrogen and oxygen atoms in total. The first-order valence-corrected chi connectivity index (χ1v) is 5.00. The second-order valence-corrected chi connectivity index (χ2v) is 3.27. The van der Waals surface area contributed by atoms with Gasteiger partial charge in [-0.1, -0.05) is 12.1 Å².